The molecular formula is C10H10BrNO2S. The molecule has 0 radical (unpaired) electrons. The van der Waals surface area contributed by atoms with E-state index in [1.54, 1.807) is 11.9 Å². The number of fused-ring (bicyclic) bond motifs is 1. The number of carbonyl (C=O) groups excluding carboxylic acids is 1. The zero-order valence-electron chi connectivity index (χ0n) is 8.11. The van der Waals surface area contributed by atoms with E-state index >= 15 is 0 Å². The fourth-order valence-corrected chi connectivity index (χ4v) is 2.05. The van der Waals surface area contributed by atoms with Crippen LogP contribution in [0.15, 0.2) is 22.7 Å². The van der Waals surface area contributed by atoms with Crippen molar-refractivity contribution in [3.05, 3.63) is 22.7 Å². The number of amides is 1. The zero-order valence-corrected chi connectivity index (χ0v) is 10.6. The second-order valence-corrected chi connectivity index (χ2v) is 4.88. The molecule has 0 saturated carbocycles. The summed E-state index contributed by atoms with van der Waals surface area (Å²) in [4.78, 5) is 13.3. The van der Waals surface area contributed by atoms with E-state index in [4.69, 9.17) is 4.74 Å². The van der Waals surface area contributed by atoms with Gasteiger partial charge in [0.15, 0.2) is 0 Å². The monoisotopic (exact) mass is 287 g/mol. The minimum atomic E-state index is -0.402. The Morgan fingerprint density at radius 3 is 3.07 bits per heavy atom. The Balaban J connectivity index is 2.48. The standard InChI is InChI=1S/C10H10BrNO2S/c1-12-7-4-6(11)2-3-8(7)14-5-9(15)10(12)13/h2-4,9,15H,5H2,1H3. The molecule has 1 unspecified atom stereocenters. The summed E-state index contributed by atoms with van der Waals surface area (Å²) in [6.45, 7) is 0.306. The van der Waals surface area contributed by atoms with Crippen molar-refractivity contribution in [2.75, 3.05) is 18.6 Å². The number of benzene rings is 1. The second-order valence-electron chi connectivity index (χ2n) is 3.34. The van der Waals surface area contributed by atoms with Crippen molar-refractivity contribution in [2.24, 2.45) is 0 Å². The molecule has 1 heterocycles. The number of ether oxygens (including phenoxy) is 1. The quantitative estimate of drug-likeness (QED) is 0.741. The second kappa shape index (κ2) is 4.06. The molecule has 1 aromatic carbocycles. The highest BCUT2D eigenvalue weighted by molar-refractivity contribution is 9.10. The molecule has 1 aromatic rings. The maximum absolute atomic E-state index is 11.8. The number of halogens is 1. The van der Waals surface area contributed by atoms with Gasteiger partial charge in [-0.1, -0.05) is 15.9 Å². The van der Waals surface area contributed by atoms with Crippen LogP contribution in [0.4, 0.5) is 5.69 Å². The molecule has 0 bridgehead atoms. The van der Waals surface area contributed by atoms with E-state index in [-0.39, 0.29) is 5.91 Å². The molecule has 1 amide bonds. The number of nitrogens with zero attached hydrogens (tertiary/aromatic N) is 1. The van der Waals surface area contributed by atoms with Crippen LogP contribution in [-0.4, -0.2) is 24.8 Å². The van der Waals surface area contributed by atoms with Crippen molar-refractivity contribution < 1.29 is 9.53 Å². The first-order chi connectivity index (χ1) is 7.09. The Labute approximate surface area is 102 Å². The lowest BCUT2D eigenvalue weighted by atomic mass is 10.2. The lowest BCUT2D eigenvalue weighted by Gasteiger charge is -2.17. The molecule has 0 N–H and O–H groups in total. The van der Waals surface area contributed by atoms with Crippen LogP contribution >= 0.6 is 28.6 Å². The van der Waals surface area contributed by atoms with Crippen LogP contribution in [0, 0.1) is 0 Å². The van der Waals surface area contributed by atoms with E-state index in [1.165, 1.54) is 0 Å². The van der Waals surface area contributed by atoms with Crippen molar-refractivity contribution in [3.8, 4) is 5.75 Å². The molecular weight excluding hydrogens is 278 g/mol. The Kier molecular flexibility index (Phi) is 2.93. The molecule has 15 heavy (non-hydrogen) atoms. The van der Waals surface area contributed by atoms with Crippen molar-refractivity contribution >= 4 is 40.2 Å². The molecule has 1 atom stereocenters. The van der Waals surface area contributed by atoms with Crippen LogP contribution in [0.5, 0.6) is 5.75 Å². The van der Waals surface area contributed by atoms with Gasteiger partial charge < -0.3 is 9.64 Å². The molecule has 80 valence electrons. The third kappa shape index (κ3) is 1.99. The van der Waals surface area contributed by atoms with Gasteiger partial charge in [-0.15, -0.1) is 0 Å². The zero-order chi connectivity index (χ0) is 11.0. The van der Waals surface area contributed by atoms with E-state index in [1.807, 2.05) is 18.2 Å². The predicted octanol–water partition coefficient (Wildman–Crippen LogP) is 2.10. The van der Waals surface area contributed by atoms with Crippen molar-refractivity contribution in [2.45, 2.75) is 5.25 Å². The normalized spacial score (nSPS) is 20.6. The molecule has 0 aromatic heterocycles. The Morgan fingerprint density at radius 1 is 1.60 bits per heavy atom. The molecule has 2 rings (SSSR count). The van der Waals surface area contributed by atoms with E-state index in [0.717, 1.165) is 10.2 Å². The first-order valence-corrected chi connectivity index (χ1v) is 5.78. The van der Waals surface area contributed by atoms with Crippen LogP contribution in [0.2, 0.25) is 0 Å². The minimum Gasteiger partial charge on any atom is -0.490 e. The first kappa shape index (κ1) is 10.8. The maximum atomic E-state index is 11.8. The topological polar surface area (TPSA) is 29.5 Å². The van der Waals surface area contributed by atoms with Gasteiger partial charge in [0.1, 0.15) is 17.6 Å². The number of rotatable bonds is 0. The van der Waals surface area contributed by atoms with Crippen LogP contribution in [0.1, 0.15) is 0 Å². The minimum absolute atomic E-state index is 0.0461. The summed E-state index contributed by atoms with van der Waals surface area (Å²) in [6, 6.07) is 5.59. The van der Waals surface area contributed by atoms with Gasteiger partial charge in [0, 0.05) is 11.5 Å². The van der Waals surface area contributed by atoms with Gasteiger partial charge in [0.2, 0.25) is 5.91 Å². The lowest BCUT2D eigenvalue weighted by Crippen LogP contribution is -2.34. The van der Waals surface area contributed by atoms with Gasteiger partial charge >= 0.3 is 0 Å². The summed E-state index contributed by atoms with van der Waals surface area (Å²) in [6.07, 6.45) is 0. The lowest BCUT2D eigenvalue weighted by molar-refractivity contribution is -0.117. The third-order valence-electron chi connectivity index (χ3n) is 2.29. The SMILES string of the molecule is CN1C(=O)C(S)COc2ccc(Br)cc21. The molecule has 0 saturated heterocycles. The van der Waals surface area contributed by atoms with Crippen molar-refractivity contribution in [1.82, 2.24) is 0 Å². The molecule has 1 aliphatic rings. The molecule has 0 aliphatic carbocycles. The molecule has 0 fully saturated rings. The van der Waals surface area contributed by atoms with Crippen LogP contribution in [0.25, 0.3) is 0 Å². The third-order valence-corrected chi connectivity index (χ3v) is 3.16. The van der Waals surface area contributed by atoms with Crippen molar-refractivity contribution in [1.29, 1.82) is 0 Å². The average Bonchev–Trinajstić information content (AvgIpc) is 2.32. The van der Waals surface area contributed by atoms with Crippen LogP contribution < -0.4 is 9.64 Å². The van der Waals surface area contributed by atoms with E-state index in [9.17, 15) is 4.79 Å². The smallest absolute Gasteiger partial charge is 0.243 e. The van der Waals surface area contributed by atoms with Gasteiger partial charge in [-0.05, 0) is 18.2 Å². The number of anilines is 1. The fourth-order valence-electron chi connectivity index (χ4n) is 1.46. The average molecular weight is 288 g/mol. The molecule has 0 spiro atoms. The van der Waals surface area contributed by atoms with Gasteiger partial charge in [0.25, 0.3) is 0 Å². The van der Waals surface area contributed by atoms with Gasteiger partial charge in [-0.3, -0.25) is 4.79 Å². The van der Waals surface area contributed by atoms with Gasteiger partial charge in [-0.2, -0.15) is 12.6 Å². The van der Waals surface area contributed by atoms with Gasteiger partial charge in [0.05, 0.1) is 5.69 Å². The largest absolute Gasteiger partial charge is 0.490 e. The summed E-state index contributed by atoms with van der Waals surface area (Å²) in [5.41, 5.74) is 0.769. The van der Waals surface area contributed by atoms with E-state index < -0.39 is 5.25 Å². The van der Waals surface area contributed by atoms with E-state index in [2.05, 4.69) is 28.6 Å². The highest BCUT2D eigenvalue weighted by Crippen LogP contribution is 2.33. The van der Waals surface area contributed by atoms with Crippen molar-refractivity contribution in [3.63, 3.8) is 0 Å². The summed E-state index contributed by atoms with van der Waals surface area (Å²) < 4.78 is 6.42. The highest BCUT2D eigenvalue weighted by atomic mass is 79.9. The first-order valence-electron chi connectivity index (χ1n) is 4.47. The summed E-state index contributed by atoms with van der Waals surface area (Å²) in [5, 5.41) is -0.402. The summed E-state index contributed by atoms with van der Waals surface area (Å²) in [5.74, 6) is 0.667. The van der Waals surface area contributed by atoms with E-state index in [0.29, 0.717) is 12.4 Å². The van der Waals surface area contributed by atoms with Gasteiger partial charge in [-0.25, -0.2) is 0 Å². The predicted molar refractivity (Wildman–Crippen MR) is 65.8 cm³/mol. The number of hydrogen-bond acceptors (Lipinski definition) is 3. The Bertz CT molecular complexity index is 410. The number of carbonyl (C=O) groups is 1. The molecule has 3 nitrogen and oxygen atoms in total. The maximum Gasteiger partial charge on any atom is 0.243 e. The molecule has 5 heteroatoms. The summed E-state index contributed by atoms with van der Waals surface area (Å²) >= 11 is 7.55. The number of hydrogen-bond donors (Lipinski definition) is 1. The Hall–Kier alpha value is -0.680. The van der Waals surface area contributed by atoms with Crippen LogP contribution in [-0.2, 0) is 4.79 Å². The Morgan fingerprint density at radius 2 is 2.33 bits per heavy atom. The number of thiol groups is 1. The highest BCUT2D eigenvalue weighted by Gasteiger charge is 2.26. The van der Waals surface area contributed by atoms with Crippen LogP contribution in [0.3, 0.4) is 0 Å². The molecule has 1 aliphatic heterocycles. The fraction of sp³-hybridized carbons (Fsp3) is 0.300. The summed E-state index contributed by atoms with van der Waals surface area (Å²) in [7, 11) is 1.73.